The molecule has 2 nitrogen and oxygen atoms in total. The van der Waals surface area contributed by atoms with Gasteiger partial charge < -0.3 is 0 Å². The minimum atomic E-state index is -0.280. The van der Waals surface area contributed by atoms with Gasteiger partial charge in [0.05, 0.1) is 5.52 Å². The highest BCUT2D eigenvalue weighted by atomic mass is 19.1. The second-order valence-corrected chi connectivity index (χ2v) is 5.71. The molecule has 3 heteroatoms. The zero-order valence-corrected chi connectivity index (χ0v) is 11.9. The van der Waals surface area contributed by atoms with Crippen molar-refractivity contribution in [2.75, 3.05) is 0 Å². The fourth-order valence-corrected chi connectivity index (χ4v) is 2.82. The SMILES string of the molecule is O=C(c1cnc2ccccc2c1-c1ccc(F)cc1)C1CC1. The van der Waals surface area contributed by atoms with Crippen LogP contribution in [0.25, 0.3) is 22.0 Å². The number of para-hydroxylation sites is 1. The van der Waals surface area contributed by atoms with Crippen LogP contribution in [0.15, 0.2) is 54.7 Å². The number of benzene rings is 2. The Morgan fingerprint density at radius 1 is 1.05 bits per heavy atom. The molecule has 1 aliphatic carbocycles. The van der Waals surface area contributed by atoms with Crippen LogP contribution >= 0.6 is 0 Å². The van der Waals surface area contributed by atoms with E-state index in [0.29, 0.717) is 5.56 Å². The molecule has 0 unspecified atom stereocenters. The topological polar surface area (TPSA) is 30.0 Å². The van der Waals surface area contributed by atoms with Crippen molar-refractivity contribution in [2.45, 2.75) is 12.8 Å². The Balaban J connectivity index is 2.00. The Hall–Kier alpha value is -2.55. The average Bonchev–Trinajstić information content (AvgIpc) is 3.39. The molecule has 1 heterocycles. The summed E-state index contributed by atoms with van der Waals surface area (Å²) in [4.78, 5) is 17.0. The summed E-state index contributed by atoms with van der Waals surface area (Å²) in [5, 5.41) is 0.931. The van der Waals surface area contributed by atoms with Crippen LogP contribution in [0.2, 0.25) is 0 Å². The molecule has 0 amide bonds. The van der Waals surface area contributed by atoms with Gasteiger partial charge in [-0.15, -0.1) is 0 Å². The molecule has 0 atom stereocenters. The van der Waals surface area contributed by atoms with E-state index in [1.165, 1.54) is 12.1 Å². The molecule has 1 saturated carbocycles. The zero-order chi connectivity index (χ0) is 15.1. The van der Waals surface area contributed by atoms with Crippen molar-refractivity contribution in [3.05, 3.63) is 66.1 Å². The highest BCUT2D eigenvalue weighted by molar-refractivity contribution is 6.10. The van der Waals surface area contributed by atoms with Crippen LogP contribution in [0.4, 0.5) is 4.39 Å². The maximum atomic E-state index is 13.2. The molecule has 1 aromatic heterocycles. The lowest BCUT2D eigenvalue weighted by atomic mass is 9.93. The molecule has 0 bridgehead atoms. The molecule has 22 heavy (non-hydrogen) atoms. The van der Waals surface area contributed by atoms with Crippen molar-refractivity contribution in [1.82, 2.24) is 4.98 Å². The molecule has 0 spiro atoms. The summed E-state index contributed by atoms with van der Waals surface area (Å²) in [6.07, 6.45) is 3.57. The Morgan fingerprint density at radius 2 is 1.77 bits per heavy atom. The van der Waals surface area contributed by atoms with Gasteiger partial charge in [0.2, 0.25) is 0 Å². The van der Waals surface area contributed by atoms with E-state index in [9.17, 15) is 9.18 Å². The van der Waals surface area contributed by atoms with Crippen LogP contribution in [0, 0.1) is 11.7 Å². The normalized spacial score (nSPS) is 14.2. The molecule has 2 aromatic carbocycles. The van der Waals surface area contributed by atoms with E-state index in [1.54, 1.807) is 18.3 Å². The minimum absolute atomic E-state index is 0.127. The summed E-state index contributed by atoms with van der Waals surface area (Å²) in [7, 11) is 0. The maximum Gasteiger partial charge on any atom is 0.168 e. The number of halogens is 1. The number of carbonyl (C=O) groups excluding carboxylic acids is 1. The van der Waals surface area contributed by atoms with E-state index in [1.807, 2.05) is 24.3 Å². The van der Waals surface area contributed by atoms with E-state index in [2.05, 4.69) is 4.98 Å². The number of nitrogens with zero attached hydrogens (tertiary/aromatic N) is 1. The zero-order valence-electron chi connectivity index (χ0n) is 11.9. The van der Waals surface area contributed by atoms with Gasteiger partial charge in [0.25, 0.3) is 0 Å². The minimum Gasteiger partial charge on any atom is -0.294 e. The summed E-state index contributed by atoms with van der Waals surface area (Å²) in [5.41, 5.74) is 3.20. The van der Waals surface area contributed by atoms with Crippen molar-refractivity contribution < 1.29 is 9.18 Å². The van der Waals surface area contributed by atoms with Gasteiger partial charge in [-0.1, -0.05) is 30.3 Å². The van der Waals surface area contributed by atoms with E-state index in [0.717, 1.165) is 34.9 Å². The second-order valence-electron chi connectivity index (χ2n) is 5.71. The summed E-state index contributed by atoms with van der Waals surface area (Å²) in [6, 6.07) is 14.0. The summed E-state index contributed by atoms with van der Waals surface area (Å²) in [5.74, 6) is -0.00285. The third-order valence-electron chi connectivity index (χ3n) is 4.12. The lowest BCUT2D eigenvalue weighted by Crippen LogP contribution is -2.05. The fraction of sp³-hybridized carbons (Fsp3) is 0.158. The number of hydrogen-bond donors (Lipinski definition) is 0. The van der Waals surface area contributed by atoms with Crippen molar-refractivity contribution in [1.29, 1.82) is 0 Å². The molecule has 4 rings (SSSR count). The first-order valence-corrected chi connectivity index (χ1v) is 7.42. The highest BCUT2D eigenvalue weighted by Crippen LogP contribution is 2.38. The van der Waals surface area contributed by atoms with Crippen LogP contribution in [-0.2, 0) is 0 Å². The molecule has 0 radical (unpaired) electrons. The second kappa shape index (κ2) is 5.02. The van der Waals surface area contributed by atoms with Crippen LogP contribution in [0.1, 0.15) is 23.2 Å². The van der Waals surface area contributed by atoms with Gasteiger partial charge in [-0.05, 0) is 36.6 Å². The molecule has 1 fully saturated rings. The van der Waals surface area contributed by atoms with E-state index >= 15 is 0 Å². The lowest BCUT2D eigenvalue weighted by molar-refractivity contribution is 0.0968. The Kier molecular flexibility index (Phi) is 3.00. The van der Waals surface area contributed by atoms with Crippen LogP contribution in [-0.4, -0.2) is 10.8 Å². The third kappa shape index (κ3) is 2.19. The number of Topliss-reactive ketones (excluding diaryl/α,β-unsaturated/α-hetero) is 1. The van der Waals surface area contributed by atoms with Gasteiger partial charge in [0.15, 0.2) is 5.78 Å². The predicted octanol–water partition coefficient (Wildman–Crippen LogP) is 4.63. The van der Waals surface area contributed by atoms with E-state index in [4.69, 9.17) is 0 Å². The maximum absolute atomic E-state index is 13.2. The Morgan fingerprint density at radius 3 is 2.50 bits per heavy atom. The quantitative estimate of drug-likeness (QED) is 0.658. The first-order valence-electron chi connectivity index (χ1n) is 7.42. The van der Waals surface area contributed by atoms with Gasteiger partial charge in [-0.25, -0.2) is 4.39 Å². The Bertz CT molecular complexity index is 866. The van der Waals surface area contributed by atoms with E-state index < -0.39 is 0 Å². The number of fused-ring (bicyclic) bond motifs is 1. The van der Waals surface area contributed by atoms with Crippen LogP contribution in [0.5, 0.6) is 0 Å². The first kappa shape index (κ1) is 13.1. The largest absolute Gasteiger partial charge is 0.294 e. The number of pyridine rings is 1. The molecular formula is C19H14FNO. The molecule has 108 valence electrons. The monoisotopic (exact) mass is 291 g/mol. The molecule has 3 aromatic rings. The number of ketones is 1. The standard InChI is InChI=1S/C19H14FNO/c20-14-9-7-12(8-10-14)18-15-3-1-2-4-17(15)21-11-16(18)19(22)13-5-6-13/h1-4,7-11,13H,5-6H2. The van der Waals surface area contributed by atoms with Crippen LogP contribution < -0.4 is 0 Å². The van der Waals surface area contributed by atoms with Gasteiger partial charge in [0, 0.05) is 28.6 Å². The smallest absolute Gasteiger partial charge is 0.168 e. The van der Waals surface area contributed by atoms with Crippen molar-refractivity contribution >= 4 is 16.7 Å². The highest BCUT2D eigenvalue weighted by Gasteiger charge is 2.32. The molecule has 0 saturated heterocycles. The molecule has 0 N–H and O–H groups in total. The first-order chi connectivity index (χ1) is 10.7. The van der Waals surface area contributed by atoms with Crippen molar-refractivity contribution in [2.24, 2.45) is 5.92 Å². The number of rotatable bonds is 3. The Labute approximate surface area is 127 Å². The number of carbonyl (C=O) groups is 1. The summed E-state index contributed by atoms with van der Waals surface area (Å²) >= 11 is 0. The average molecular weight is 291 g/mol. The van der Waals surface area contributed by atoms with E-state index in [-0.39, 0.29) is 17.5 Å². The lowest BCUT2D eigenvalue weighted by Gasteiger charge is -2.12. The van der Waals surface area contributed by atoms with Gasteiger partial charge in [0.1, 0.15) is 5.82 Å². The molecule has 0 aliphatic heterocycles. The summed E-state index contributed by atoms with van der Waals surface area (Å²) in [6.45, 7) is 0. The number of aromatic nitrogens is 1. The van der Waals surface area contributed by atoms with Gasteiger partial charge >= 0.3 is 0 Å². The number of hydrogen-bond acceptors (Lipinski definition) is 2. The third-order valence-corrected chi connectivity index (χ3v) is 4.12. The predicted molar refractivity (Wildman–Crippen MR) is 84.2 cm³/mol. The molecule has 1 aliphatic rings. The van der Waals surface area contributed by atoms with Gasteiger partial charge in [-0.3, -0.25) is 9.78 Å². The van der Waals surface area contributed by atoms with Gasteiger partial charge in [-0.2, -0.15) is 0 Å². The van der Waals surface area contributed by atoms with Crippen LogP contribution in [0.3, 0.4) is 0 Å². The van der Waals surface area contributed by atoms with Crippen molar-refractivity contribution in [3.8, 4) is 11.1 Å². The van der Waals surface area contributed by atoms with Crippen molar-refractivity contribution in [3.63, 3.8) is 0 Å². The fourth-order valence-electron chi connectivity index (χ4n) is 2.82. The molecular weight excluding hydrogens is 277 g/mol. The summed E-state index contributed by atoms with van der Waals surface area (Å²) < 4.78 is 13.2.